The Morgan fingerprint density at radius 3 is 2.48 bits per heavy atom. The zero-order chi connectivity index (χ0) is 38.4. The molecule has 3 heterocycles. The summed E-state index contributed by atoms with van der Waals surface area (Å²) in [6, 6.07) is 0.375. The fourth-order valence-electron chi connectivity index (χ4n) is 6.66. The van der Waals surface area contributed by atoms with E-state index in [1.807, 2.05) is 13.0 Å². The highest BCUT2D eigenvalue weighted by atomic mass is 35.5. The van der Waals surface area contributed by atoms with E-state index >= 15 is 0 Å². The SMILES string of the molecule is C[C@@H]1CC/C=C\[C@@H]2CC2(C(=O)NS(=O)(=O)C2(C)CC2)NC(=O)[C@@H]2C[C@@H](Oc3ncccc3Cl)CN2C(=O)[C@@H](NC(=O)OC(C)(C)C(F)(F)F)[C@H](C)C1. The average molecular weight is 776 g/mol. The minimum atomic E-state index is -4.90. The third kappa shape index (κ3) is 8.29. The summed E-state index contributed by atoms with van der Waals surface area (Å²) in [7, 11) is -4.06. The van der Waals surface area contributed by atoms with E-state index in [9.17, 15) is 40.8 Å². The van der Waals surface area contributed by atoms with Crippen LogP contribution in [0, 0.1) is 17.8 Å². The van der Waals surface area contributed by atoms with E-state index in [1.165, 1.54) is 19.2 Å². The number of sulfonamides is 1. The molecule has 1 aromatic rings. The third-order valence-corrected chi connectivity index (χ3v) is 13.0. The Morgan fingerprint density at radius 1 is 1.15 bits per heavy atom. The summed E-state index contributed by atoms with van der Waals surface area (Å²) in [5.41, 5.74) is -4.51. The lowest BCUT2D eigenvalue weighted by Crippen LogP contribution is -2.59. The number of carbonyl (C=O) groups is 4. The van der Waals surface area contributed by atoms with E-state index in [2.05, 4.69) is 20.3 Å². The lowest BCUT2D eigenvalue weighted by atomic mass is 9.88. The second-order valence-corrected chi connectivity index (χ2v) is 17.9. The Balaban J connectivity index is 1.49. The summed E-state index contributed by atoms with van der Waals surface area (Å²) in [4.78, 5) is 60.7. The summed E-state index contributed by atoms with van der Waals surface area (Å²) >= 11 is 6.26. The molecule has 1 aromatic heterocycles. The zero-order valence-electron chi connectivity index (χ0n) is 29.6. The molecule has 2 aliphatic heterocycles. The number of nitrogens with one attached hydrogen (secondary N) is 3. The van der Waals surface area contributed by atoms with Crippen LogP contribution < -0.4 is 20.1 Å². The molecule has 5 rings (SSSR count). The standard InChI is InChI=1S/C34H45ClF3N5O8S/c1-19-9-6-7-10-21-17-33(21,29(46)42-52(48,49)32(5)12-13-32)41-26(44)24-16-22(50-27-23(35)11-8-14-39-27)18-43(24)28(45)25(20(2)15-19)40-30(47)51-31(3,4)34(36,37)38/h7-8,10-11,14,19-22,24-25H,6,9,12-13,15-18H2,1-5H3,(H,40,47)(H,41,44)(H,42,46)/b10-7-/t19-,20-,21-,22-,24+,25+,33?/m1/s1. The summed E-state index contributed by atoms with van der Waals surface area (Å²) in [6.45, 7) is 6.28. The van der Waals surface area contributed by atoms with Gasteiger partial charge in [-0.3, -0.25) is 19.1 Å². The number of alkyl carbamates (subject to hydrolysis) is 1. The Morgan fingerprint density at radius 2 is 1.85 bits per heavy atom. The second kappa shape index (κ2) is 14.3. The highest BCUT2D eigenvalue weighted by Gasteiger charge is 2.63. The predicted molar refractivity (Wildman–Crippen MR) is 182 cm³/mol. The van der Waals surface area contributed by atoms with Crippen LogP contribution >= 0.6 is 11.6 Å². The monoisotopic (exact) mass is 775 g/mol. The van der Waals surface area contributed by atoms with Gasteiger partial charge in [-0.25, -0.2) is 18.2 Å². The topological polar surface area (TPSA) is 173 Å². The molecule has 0 aromatic carbocycles. The van der Waals surface area contributed by atoms with Crippen LogP contribution in [-0.4, -0.2) is 88.9 Å². The first-order chi connectivity index (χ1) is 24.1. The Labute approximate surface area is 305 Å². The van der Waals surface area contributed by atoms with Gasteiger partial charge in [-0.2, -0.15) is 13.2 Å². The normalized spacial score (nSPS) is 31.4. The van der Waals surface area contributed by atoms with Crippen molar-refractivity contribution in [2.75, 3.05) is 6.54 Å². The van der Waals surface area contributed by atoms with E-state index < -0.39 is 85.9 Å². The summed E-state index contributed by atoms with van der Waals surface area (Å²) in [5, 5.41) is 5.25. The van der Waals surface area contributed by atoms with Gasteiger partial charge in [0.15, 0.2) is 0 Å². The fraction of sp³-hybridized carbons (Fsp3) is 0.676. The maximum Gasteiger partial charge on any atom is 0.427 e. The van der Waals surface area contributed by atoms with E-state index in [-0.39, 0.29) is 36.2 Å². The van der Waals surface area contributed by atoms with Crippen LogP contribution in [0.3, 0.4) is 0 Å². The number of nitrogens with zero attached hydrogens (tertiary/aromatic N) is 2. The van der Waals surface area contributed by atoms with Gasteiger partial charge in [-0.15, -0.1) is 0 Å². The number of rotatable bonds is 7. The number of aromatic nitrogens is 1. The Bertz CT molecular complexity index is 1720. The highest BCUT2D eigenvalue weighted by Crippen LogP contribution is 2.47. The van der Waals surface area contributed by atoms with Crippen LogP contribution in [0.2, 0.25) is 5.02 Å². The van der Waals surface area contributed by atoms with Crippen molar-refractivity contribution in [1.29, 1.82) is 0 Å². The summed E-state index contributed by atoms with van der Waals surface area (Å²) in [6.07, 6.45) is 0.0859. The molecule has 3 fully saturated rings. The number of alkyl halides is 3. The molecule has 13 nitrogen and oxygen atoms in total. The van der Waals surface area contributed by atoms with Gasteiger partial charge in [0, 0.05) is 18.5 Å². The lowest BCUT2D eigenvalue weighted by Gasteiger charge is -2.34. The van der Waals surface area contributed by atoms with Gasteiger partial charge in [-0.05, 0) is 83.3 Å². The van der Waals surface area contributed by atoms with Crippen LogP contribution in [0.1, 0.15) is 79.6 Å². The van der Waals surface area contributed by atoms with E-state index in [4.69, 9.17) is 21.1 Å². The molecule has 52 heavy (non-hydrogen) atoms. The summed E-state index contributed by atoms with van der Waals surface area (Å²) < 4.78 is 78.8. The van der Waals surface area contributed by atoms with Crippen LogP contribution in [0.4, 0.5) is 18.0 Å². The first-order valence-electron chi connectivity index (χ1n) is 17.3. The van der Waals surface area contributed by atoms with Crippen molar-refractivity contribution in [2.45, 2.75) is 120 Å². The molecule has 1 unspecified atom stereocenters. The largest absolute Gasteiger partial charge is 0.471 e. The number of hydrogen-bond donors (Lipinski definition) is 3. The van der Waals surface area contributed by atoms with Crippen LogP contribution in [-0.2, 0) is 29.1 Å². The second-order valence-electron chi connectivity index (χ2n) is 15.3. The Hall–Kier alpha value is -3.60. The highest BCUT2D eigenvalue weighted by molar-refractivity contribution is 7.91. The van der Waals surface area contributed by atoms with Crippen molar-refractivity contribution in [1.82, 2.24) is 25.2 Å². The van der Waals surface area contributed by atoms with Gasteiger partial charge in [0.25, 0.3) is 5.91 Å². The quantitative estimate of drug-likeness (QED) is 0.340. The molecule has 4 aliphatic rings. The van der Waals surface area contributed by atoms with Gasteiger partial charge in [0.2, 0.25) is 33.3 Å². The maximum absolute atomic E-state index is 14.5. The predicted octanol–water partition coefficient (Wildman–Crippen LogP) is 4.40. The third-order valence-electron chi connectivity index (χ3n) is 10.6. The number of fused-ring (bicyclic) bond motifs is 2. The maximum atomic E-state index is 14.5. The number of halogens is 4. The molecule has 0 spiro atoms. The molecule has 288 valence electrons. The minimum Gasteiger partial charge on any atom is -0.471 e. The number of hydrogen-bond acceptors (Lipinski definition) is 9. The molecular weight excluding hydrogens is 731 g/mol. The molecule has 0 bridgehead atoms. The van der Waals surface area contributed by atoms with Gasteiger partial charge >= 0.3 is 12.3 Å². The lowest BCUT2D eigenvalue weighted by molar-refractivity contribution is -0.244. The van der Waals surface area contributed by atoms with Crippen molar-refractivity contribution in [2.24, 2.45) is 17.8 Å². The van der Waals surface area contributed by atoms with E-state index in [0.29, 0.717) is 46.0 Å². The average Bonchev–Trinajstić information content (AvgIpc) is 3.91. The number of allylic oxidation sites excluding steroid dienone is 1. The first kappa shape index (κ1) is 39.6. The number of carbonyl (C=O) groups excluding carboxylic acids is 4. The molecule has 7 atom stereocenters. The van der Waals surface area contributed by atoms with Gasteiger partial charge < -0.3 is 25.0 Å². The molecule has 3 N–H and O–H groups in total. The number of ether oxygens (including phenoxy) is 2. The minimum absolute atomic E-state index is 0.0293. The van der Waals surface area contributed by atoms with Crippen molar-refractivity contribution >= 4 is 45.4 Å². The van der Waals surface area contributed by atoms with Crippen molar-refractivity contribution < 1.29 is 50.2 Å². The Kier molecular flexibility index (Phi) is 10.9. The summed E-state index contributed by atoms with van der Waals surface area (Å²) in [5.74, 6) is -3.64. The van der Waals surface area contributed by atoms with Crippen molar-refractivity contribution in [3.63, 3.8) is 0 Å². The smallest absolute Gasteiger partial charge is 0.427 e. The molecule has 0 radical (unpaired) electrons. The molecule has 2 saturated carbocycles. The molecule has 1 saturated heterocycles. The molecular formula is C34H45ClF3N5O8S. The van der Waals surface area contributed by atoms with E-state index in [0.717, 1.165) is 4.90 Å². The fourth-order valence-corrected chi connectivity index (χ4v) is 8.14. The number of amides is 4. The van der Waals surface area contributed by atoms with Gasteiger partial charge in [0.1, 0.15) is 28.7 Å². The van der Waals surface area contributed by atoms with Crippen LogP contribution in [0.15, 0.2) is 30.5 Å². The van der Waals surface area contributed by atoms with Crippen LogP contribution in [0.5, 0.6) is 5.88 Å². The zero-order valence-corrected chi connectivity index (χ0v) is 31.2. The van der Waals surface area contributed by atoms with Crippen molar-refractivity contribution in [3.05, 3.63) is 35.5 Å². The van der Waals surface area contributed by atoms with Gasteiger partial charge in [0.05, 0.1) is 11.3 Å². The molecule has 18 heteroatoms. The van der Waals surface area contributed by atoms with E-state index in [1.54, 1.807) is 19.1 Å². The van der Waals surface area contributed by atoms with Crippen molar-refractivity contribution in [3.8, 4) is 5.88 Å². The number of pyridine rings is 1. The molecule has 4 amide bonds. The molecule has 2 aliphatic carbocycles. The van der Waals surface area contributed by atoms with Gasteiger partial charge in [-0.1, -0.05) is 37.6 Å². The van der Waals surface area contributed by atoms with Crippen LogP contribution in [0.25, 0.3) is 0 Å². The first-order valence-corrected chi connectivity index (χ1v) is 19.1.